The Bertz CT molecular complexity index is 476. The number of likely N-dealkylation sites (tertiary alicyclic amines) is 1. The van der Waals surface area contributed by atoms with E-state index in [-0.39, 0.29) is 17.4 Å². The standard InChI is InChI=1S/C16H23NO2/c1-11-6-5-7-12(8-11)13-9-17(16(2,3)4)10-14(13)15(18)19/h5-8,13-14H,9-10H2,1-4H3,(H,18,19)/t13-,14+/m0/s1. The van der Waals surface area contributed by atoms with E-state index in [1.165, 1.54) is 5.56 Å². The summed E-state index contributed by atoms with van der Waals surface area (Å²) in [6, 6.07) is 8.24. The maximum Gasteiger partial charge on any atom is 0.308 e. The van der Waals surface area contributed by atoms with Crippen LogP contribution in [-0.2, 0) is 4.79 Å². The fourth-order valence-electron chi connectivity index (χ4n) is 2.84. The molecule has 0 saturated carbocycles. The molecule has 0 radical (unpaired) electrons. The molecular weight excluding hydrogens is 238 g/mol. The van der Waals surface area contributed by atoms with Crippen molar-refractivity contribution >= 4 is 5.97 Å². The van der Waals surface area contributed by atoms with Crippen LogP contribution in [0.15, 0.2) is 24.3 Å². The Kier molecular flexibility index (Phi) is 3.68. The third-order valence-corrected chi connectivity index (χ3v) is 4.06. The van der Waals surface area contributed by atoms with E-state index in [2.05, 4.69) is 50.8 Å². The normalized spacial score (nSPS) is 24.6. The van der Waals surface area contributed by atoms with Gasteiger partial charge in [-0.15, -0.1) is 0 Å². The van der Waals surface area contributed by atoms with Gasteiger partial charge in [-0.25, -0.2) is 0 Å². The van der Waals surface area contributed by atoms with Crippen molar-refractivity contribution in [3.8, 4) is 0 Å². The summed E-state index contributed by atoms with van der Waals surface area (Å²) in [5.41, 5.74) is 2.36. The maximum atomic E-state index is 11.5. The molecule has 1 fully saturated rings. The van der Waals surface area contributed by atoms with Crippen LogP contribution in [0, 0.1) is 12.8 Å². The van der Waals surface area contributed by atoms with E-state index in [0.717, 1.165) is 12.1 Å². The van der Waals surface area contributed by atoms with Gasteiger partial charge in [0.15, 0.2) is 0 Å². The fraction of sp³-hybridized carbons (Fsp3) is 0.562. The predicted octanol–water partition coefficient (Wildman–Crippen LogP) is 2.89. The second kappa shape index (κ2) is 4.97. The van der Waals surface area contributed by atoms with Gasteiger partial charge in [-0.05, 0) is 33.3 Å². The Balaban J connectivity index is 2.30. The number of carboxylic acids is 1. The minimum atomic E-state index is -0.682. The molecule has 0 amide bonds. The van der Waals surface area contributed by atoms with E-state index in [0.29, 0.717) is 6.54 Å². The largest absolute Gasteiger partial charge is 0.481 e. The molecular formula is C16H23NO2. The number of carbonyl (C=O) groups is 1. The third kappa shape index (κ3) is 2.98. The Morgan fingerprint density at radius 3 is 2.53 bits per heavy atom. The van der Waals surface area contributed by atoms with Gasteiger partial charge < -0.3 is 5.11 Å². The molecule has 1 aromatic rings. The number of carboxylic acid groups (broad SMARTS) is 1. The molecule has 0 aliphatic carbocycles. The molecule has 0 spiro atoms. The summed E-state index contributed by atoms with van der Waals surface area (Å²) in [7, 11) is 0. The quantitative estimate of drug-likeness (QED) is 0.890. The lowest BCUT2D eigenvalue weighted by atomic mass is 9.88. The van der Waals surface area contributed by atoms with Crippen LogP contribution in [0.1, 0.15) is 37.8 Å². The van der Waals surface area contributed by atoms with Crippen LogP contribution in [0.5, 0.6) is 0 Å². The highest BCUT2D eigenvalue weighted by Gasteiger charge is 2.41. The lowest BCUT2D eigenvalue weighted by molar-refractivity contribution is -0.141. The van der Waals surface area contributed by atoms with Gasteiger partial charge in [-0.2, -0.15) is 0 Å². The summed E-state index contributed by atoms with van der Waals surface area (Å²) in [6.45, 7) is 9.94. The van der Waals surface area contributed by atoms with Crippen LogP contribution in [0.4, 0.5) is 0 Å². The predicted molar refractivity (Wildman–Crippen MR) is 76.4 cm³/mol. The molecule has 104 valence electrons. The lowest BCUT2D eigenvalue weighted by Gasteiger charge is -2.31. The Labute approximate surface area is 115 Å². The maximum absolute atomic E-state index is 11.5. The number of nitrogens with zero attached hydrogens (tertiary/aromatic N) is 1. The van der Waals surface area contributed by atoms with Gasteiger partial charge in [0.25, 0.3) is 0 Å². The van der Waals surface area contributed by atoms with E-state index < -0.39 is 5.97 Å². The Morgan fingerprint density at radius 2 is 2.00 bits per heavy atom. The van der Waals surface area contributed by atoms with Crippen molar-refractivity contribution in [2.75, 3.05) is 13.1 Å². The highest BCUT2D eigenvalue weighted by molar-refractivity contribution is 5.72. The molecule has 0 aromatic heterocycles. The highest BCUT2D eigenvalue weighted by atomic mass is 16.4. The van der Waals surface area contributed by atoms with Crippen LogP contribution in [0.2, 0.25) is 0 Å². The third-order valence-electron chi connectivity index (χ3n) is 4.06. The zero-order chi connectivity index (χ0) is 14.2. The molecule has 2 atom stereocenters. The molecule has 2 rings (SSSR count). The Morgan fingerprint density at radius 1 is 1.32 bits per heavy atom. The summed E-state index contributed by atoms with van der Waals surface area (Å²) in [4.78, 5) is 13.8. The number of benzene rings is 1. The number of aryl methyl sites for hydroxylation is 1. The molecule has 3 heteroatoms. The highest BCUT2D eigenvalue weighted by Crippen LogP contribution is 2.36. The second-order valence-corrected chi connectivity index (χ2v) is 6.54. The monoisotopic (exact) mass is 261 g/mol. The molecule has 1 heterocycles. The van der Waals surface area contributed by atoms with E-state index in [9.17, 15) is 9.90 Å². The second-order valence-electron chi connectivity index (χ2n) is 6.54. The zero-order valence-electron chi connectivity index (χ0n) is 12.2. The van der Waals surface area contributed by atoms with Crippen molar-refractivity contribution in [1.82, 2.24) is 4.90 Å². The lowest BCUT2D eigenvalue weighted by Crippen LogP contribution is -2.40. The minimum Gasteiger partial charge on any atom is -0.481 e. The van der Waals surface area contributed by atoms with Gasteiger partial charge in [0.05, 0.1) is 5.92 Å². The topological polar surface area (TPSA) is 40.5 Å². The van der Waals surface area contributed by atoms with Crippen LogP contribution in [0.3, 0.4) is 0 Å². The molecule has 0 bridgehead atoms. The van der Waals surface area contributed by atoms with Crippen molar-refractivity contribution in [3.63, 3.8) is 0 Å². The summed E-state index contributed by atoms with van der Waals surface area (Å²) < 4.78 is 0. The van der Waals surface area contributed by atoms with Crippen molar-refractivity contribution in [1.29, 1.82) is 0 Å². The first-order valence-electron chi connectivity index (χ1n) is 6.83. The molecule has 0 unspecified atom stereocenters. The van der Waals surface area contributed by atoms with Crippen LogP contribution < -0.4 is 0 Å². The molecule has 1 aromatic carbocycles. The number of hydrogen-bond donors (Lipinski definition) is 1. The van der Waals surface area contributed by atoms with Crippen molar-refractivity contribution in [2.24, 2.45) is 5.92 Å². The van der Waals surface area contributed by atoms with E-state index in [1.54, 1.807) is 0 Å². The molecule has 19 heavy (non-hydrogen) atoms. The average molecular weight is 261 g/mol. The fourth-order valence-corrected chi connectivity index (χ4v) is 2.84. The molecule has 3 nitrogen and oxygen atoms in total. The van der Waals surface area contributed by atoms with E-state index >= 15 is 0 Å². The number of hydrogen-bond acceptors (Lipinski definition) is 2. The van der Waals surface area contributed by atoms with E-state index in [1.807, 2.05) is 6.07 Å². The van der Waals surface area contributed by atoms with Gasteiger partial charge >= 0.3 is 5.97 Å². The molecule has 1 saturated heterocycles. The summed E-state index contributed by atoms with van der Waals surface area (Å²) >= 11 is 0. The van der Waals surface area contributed by atoms with Gasteiger partial charge in [0, 0.05) is 24.5 Å². The first-order valence-corrected chi connectivity index (χ1v) is 6.83. The average Bonchev–Trinajstić information content (AvgIpc) is 2.73. The van der Waals surface area contributed by atoms with Crippen molar-refractivity contribution in [3.05, 3.63) is 35.4 Å². The zero-order valence-corrected chi connectivity index (χ0v) is 12.2. The summed E-state index contributed by atoms with van der Waals surface area (Å²) in [6.07, 6.45) is 0. The molecule has 1 aliphatic rings. The summed E-state index contributed by atoms with van der Waals surface area (Å²) in [5, 5.41) is 9.47. The SMILES string of the molecule is Cc1cccc([C@@H]2CN(C(C)(C)C)C[C@H]2C(=O)O)c1. The van der Waals surface area contributed by atoms with E-state index in [4.69, 9.17) is 0 Å². The van der Waals surface area contributed by atoms with Crippen LogP contribution in [0.25, 0.3) is 0 Å². The minimum absolute atomic E-state index is 0.0201. The first-order chi connectivity index (χ1) is 8.79. The van der Waals surface area contributed by atoms with Gasteiger partial charge in [-0.3, -0.25) is 9.69 Å². The van der Waals surface area contributed by atoms with Crippen molar-refractivity contribution in [2.45, 2.75) is 39.2 Å². The van der Waals surface area contributed by atoms with Crippen LogP contribution in [-0.4, -0.2) is 34.6 Å². The van der Waals surface area contributed by atoms with Gasteiger partial charge in [0.1, 0.15) is 0 Å². The molecule has 1 N–H and O–H groups in total. The smallest absolute Gasteiger partial charge is 0.308 e. The Hall–Kier alpha value is -1.35. The number of rotatable bonds is 2. The first kappa shape index (κ1) is 14.1. The van der Waals surface area contributed by atoms with Gasteiger partial charge in [0.2, 0.25) is 0 Å². The van der Waals surface area contributed by atoms with Crippen LogP contribution >= 0.6 is 0 Å². The summed E-state index contributed by atoms with van der Waals surface area (Å²) in [5.74, 6) is -0.893. The van der Waals surface area contributed by atoms with Crippen molar-refractivity contribution < 1.29 is 9.90 Å². The van der Waals surface area contributed by atoms with Gasteiger partial charge in [-0.1, -0.05) is 29.8 Å². The number of aliphatic carboxylic acids is 1. The molecule has 1 aliphatic heterocycles.